The summed E-state index contributed by atoms with van der Waals surface area (Å²) < 4.78 is 10.1. The van der Waals surface area contributed by atoms with Crippen molar-refractivity contribution in [3.8, 4) is 0 Å². The molecule has 1 heterocycles. The summed E-state index contributed by atoms with van der Waals surface area (Å²) in [6.07, 6.45) is 3.88. The zero-order valence-electron chi connectivity index (χ0n) is 12.2. The minimum Gasteiger partial charge on any atom is -0.450 e. The van der Waals surface area contributed by atoms with E-state index in [4.69, 9.17) is 9.47 Å². The summed E-state index contributed by atoms with van der Waals surface area (Å²) in [7, 11) is 1.69. The molecule has 1 aliphatic rings. The monoisotopic (exact) mass is 255 g/mol. The van der Waals surface area contributed by atoms with Crippen molar-refractivity contribution < 1.29 is 14.3 Å². The SMILES string of the molecule is CCOC(=O)N1C(CC/C(C)=C\COC)C1(C)C. The zero-order chi connectivity index (χ0) is 13.8. The van der Waals surface area contributed by atoms with Crippen LogP contribution < -0.4 is 0 Å². The number of allylic oxidation sites excluding steroid dienone is 1. The van der Waals surface area contributed by atoms with E-state index in [1.165, 1.54) is 5.57 Å². The van der Waals surface area contributed by atoms with Gasteiger partial charge in [-0.15, -0.1) is 0 Å². The molecule has 0 aromatic heterocycles. The van der Waals surface area contributed by atoms with E-state index >= 15 is 0 Å². The highest BCUT2D eigenvalue weighted by Gasteiger charge is 2.58. The standard InChI is InChI=1S/C14H25NO3/c1-6-18-13(16)15-12(14(15,3)4)8-7-11(2)9-10-17-5/h9,12H,6-8,10H2,1-5H3/b11-9-. The molecule has 1 saturated heterocycles. The van der Waals surface area contributed by atoms with E-state index in [-0.39, 0.29) is 11.6 Å². The highest BCUT2D eigenvalue weighted by Crippen LogP contribution is 2.44. The molecule has 1 fully saturated rings. The quantitative estimate of drug-likeness (QED) is 0.541. The second-order valence-corrected chi connectivity index (χ2v) is 5.28. The maximum atomic E-state index is 11.7. The number of ether oxygens (including phenoxy) is 2. The van der Waals surface area contributed by atoms with Crippen molar-refractivity contribution in [2.75, 3.05) is 20.3 Å². The normalized spacial score (nSPS) is 21.9. The fraction of sp³-hybridized carbons (Fsp3) is 0.786. The first-order valence-corrected chi connectivity index (χ1v) is 6.55. The van der Waals surface area contributed by atoms with Crippen molar-refractivity contribution >= 4 is 6.09 Å². The van der Waals surface area contributed by atoms with Gasteiger partial charge in [-0.2, -0.15) is 0 Å². The molecule has 0 bridgehead atoms. The predicted octanol–water partition coefficient (Wildman–Crippen LogP) is 2.98. The first-order valence-electron chi connectivity index (χ1n) is 6.55. The summed E-state index contributed by atoms with van der Waals surface area (Å²) in [5.74, 6) is 0. The fourth-order valence-electron chi connectivity index (χ4n) is 2.30. The summed E-state index contributed by atoms with van der Waals surface area (Å²) in [5, 5.41) is 0. The van der Waals surface area contributed by atoms with Gasteiger partial charge in [0.25, 0.3) is 0 Å². The van der Waals surface area contributed by atoms with Crippen LogP contribution in [-0.2, 0) is 9.47 Å². The molecule has 1 unspecified atom stereocenters. The third-order valence-corrected chi connectivity index (χ3v) is 3.56. The van der Waals surface area contributed by atoms with Crippen LogP contribution in [-0.4, -0.2) is 42.9 Å². The van der Waals surface area contributed by atoms with E-state index in [0.29, 0.717) is 19.3 Å². The highest BCUT2D eigenvalue weighted by molar-refractivity contribution is 5.73. The Morgan fingerprint density at radius 1 is 1.44 bits per heavy atom. The maximum Gasteiger partial charge on any atom is 0.410 e. The van der Waals surface area contributed by atoms with Gasteiger partial charge in [0.05, 0.1) is 24.8 Å². The van der Waals surface area contributed by atoms with Crippen LogP contribution in [0.4, 0.5) is 4.79 Å². The number of hydrogen-bond donors (Lipinski definition) is 0. The molecule has 0 spiro atoms. The maximum absolute atomic E-state index is 11.7. The molecule has 1 aliphatic heterocycles. The Hall–Kier alpha value is -1.03. The predicted molar refractivity (Wildman–Crippen MR) is 71.6 cm³/mol. The number of amides is 1. The zero-order valence-corrected chi connectivity index (χ0v) is 12.2. The van der Waals surface area contributed by atoms with Crippen molar-refractivity contribution in [2.45, 2.75) is 52.1 Å². The molecule has 1 rings (SSSR count). The molecule has 4 nitrogen and oxygen atoms in total. The molecule has 1 atom stereocenters. The van der Waals surface area contributed by atoms with Crippen LogP contribution in [0.3, 0.4) is 0 Å². The van der Waals surface area contributed by atoms with Crippen LogP contribution in [0.2, 0.25) is 0 Å². The first kappa shape index (κ1) is 15.0. The topological polar surface area (TPSA) is 38.5 Å². The number of carbonyl (C=O) groups is 1. The smallest absolute Gasteiger partial charge is 0.410 e. The number of nitrogens with zero attached hydrogens (tertiary/aromatic N) is 1. The molecule has 0 N–H and O–H groups in total. The van der Waals surface area contributed by atoms with Gasteiger partial charge in [-0.1, -0.05) is 11.6 Å². The fourth-order valence-corrected chi connectivity index (χ4v) is 2.30. The molecule has 104 valence electrons. The van der Waals surface area contributed by atoms with E-state index in [1.54, 1.807) is 7.11 Å². The molecule has 18 heavy (non-hydrogen) atoms. The van der Waals surface area contributed by atoms with Crippen molar-refractivity contribution in [2.24, 2.45) is 0 Å². The van der Waals surface area contributed by atoms with Gasteiger partial charge in [0.2, 0.25) is 0 Å². The van der Waals surface area contributed by atoms with Crippen LogP contribution in [0.1, 0.15) is 40.5 Å². The molecule has 1 amide bonds. The van der Waals surface area contributed by atoms with Gasteiger partial charge in [-0.25, -0.2) is 4.79 Å². The average molecular weight is 255 g/mol. The summed E-state index contributed by atoms with van der Waals surface area (Å²) in [6, 6.07) is 0.294. The molecule has 0 aromatic rings. The summed E-state index contributed by atoms with van der Waals surface area (Å²) in [4.78, 5) is 13.6. The third kappa shape index (κ3) is 3.48. The van der Waals surface area contributed by atoms with Gasteiger partial charge in [0.1, 0.15) is 0 Å². The largest absolute Gasteiger partial charge is 0.450 e. The van der Waals surface area contributed by atoms with Crippen LogP contribution >= 0.6 is 0 Å². The van der Waals surface area contributed by atoms with E-state index < -0.39 is 0 Å². The Balaban J connectivity index is 2.42. The molecular weight excluding hydrogens is 230 g/mol. The lowest BCUT2D eigenvalue weighted by molar-refractivity contribution is 0.129. The number of methoxy groups -OCH3 is 1. The second-order valence-electron chi connectivity index (χ2n) is 5.28. The van der Waals surface area contributed by atoms with Gasteiger partial charge >= 0.3 is 6.09 Å². The van der Waals surface area contributed by atoms with Gasteiger partial charge < -0.3 is 9.47 Å². The van der Waals surface area contributed by atoms with Gasteiger partial charge in [0, 0.05) is 7.11 Å². The molecule has 0 saturated carbocycles. The number of rotatable bonds is 6. The Morgan fingerprint density at radius 2 is 2.11 bits per heavy atom. The third-order valence-electron chi connectivity index (χ3n) is 3.56. The van der Waals surface area contributed by atoms with E-state index in [2.05, 4.69) is 26.8 Å². The lowest BCUT2D eigenvalue weighted by Gasteiger charge is -2.06. The van der Waals surface area contributed by atoms with Gasteiger partial charge in [0.15, 0.2) is 0 Å². The molecule has 0 aromatic carbocycles. The van der Waals surface area contributed by atoms with Crippen molar-refractivity contribution in [3.63, 3.8) is 0 Å². The lowest BCUT2D eigenvalue weighted by atomic mass is 10.0. The number of carbonyl (C=O) groups excluding carboxylic acids is 1. The van der Waals surface area contributed by atoms with E-state index in [1.807, 2.05) is 11.8 Å². The summed E-state index contributed by atoms with van der Waals surface area (Å²) >= 11 is 0. The molecule has 0 radical (unpaired) electrons. The Bertz CT molecular complexity index is 323. The molecule has 0 aliphatic carbocycles. The van der Waals surface area contributed by atoms with E-state index in [0.717, 1.165) is 12.8 Å². The van der Waals surface area contributed by atoms with Crippen LogP contribution in [0.25, 0.3) is 0 Å². The van der Waals surface area contributed by atoms with E-state index in [9.17, 15) is 4.79 Å². The summed E-state index contributed by atoms with van der Waals surface area (Å²) in [6.45, 7) is 9.20. The Labute approximate surface area is 110 Å². The van der Waals surface area contributed by atoms with Crippen molar-refractivity contribution in [3.05, 3.63) is 11.6 Å². The van der Waals surface area contributed by atoms with Gasteiger partial charge in [-0.05, 0) is 40.5 Å². The first-order chi connectivity index (χ1) is 8.45. The Morgan fingerprint density at radius 3 is 2.67 bits per heavy atom. The number of hydrogen-bond acceptors (Lipinski definition) is 3. The summed E-state index contributed by atoms with van der Waals surface area (Å²) in [5.41, 5.74) is 1.25. The van der Waals surface area contributed by atoms with Crippen molar-refractivity contribution in [1.82, 2.24) is 4.90 Å². The molecular formula is C14H25NO3. The lowest BCUT2D eigenvalue weighted by Crippen LogP contribution is -2.19. The van der Waals surface area contributed by atoms with Crippen LogP contribution in [0.15, 0.2) is 11.6 Å². The highest BCUT2D eigenvalue weighted by atomic mass is 16.6. The van der Waals surface area contributed by atoms with Crippen LogP contribution in [0, 0.1) is 0 Å². The Kier molecular flexibility index (Phi) is 5.20. The second kappa shape index (κ2) is 6.23. The van der Waals surface area contributed by atoms with Crippen molar-refractivity contribution in [1.29, 1.82) is 0 Å². The van der Waals surface area contributed by atoms with Gasteiger partial charge in [-0.3, -0.25) is 4.90 Å². The minimum absolute atomic E-state index is 0.0617. The molecule has 4 heteroatoms. The average Bonchev–Trinajstić information content (AvgIpc) is 2.86. The minimum atomic E-state index is -0.189. The van der Waals surface area contributed by atoms with Crippen LogP contribution in [0.5, 0.6) is 0 Å².